The highest BCUT2D eigenvalue weighted by atomic mass is 35.5. The van der Waals surface area contributed by atoms with Crippen LogP contribution in [0.3, 0.4) is 0 Å². The Morgan fingerprint density at radius 2 is 1.94 bits per heavy atom. The molecule has 5 rings (SSSR count). The van der Waals surface area contributed by atoms with Gasteiger partial charge in [-0.25, -0.2) is 19.3 Å². The maximum atomic E-state index is 15.3. The van der Waals surface area contributed by atoms with Crippen LogP contribution in [0.5, 0.6) is 5.75 Å². The molecule has 11 heteroatoms. The number of pyridine rings is 1. The summed E-state index contributed by atoms with van der Waals surface area (Å²) in [6, 6.07) is 8.85. The largest absolute Gasteiger partial charge is 0.494 e. The maximum Gasteiger partial charge on any atom is 0.228 e. The summed E-state index contributed by atoms with van der Waals surface area (Å²) >= 11 is 6.39. The fourth-order valence-electron chi connectivity index (χ4n) is 4.14. The highest BCUT2D eigenvalue weighted by Gasteiger charge is 2.22. The van der Waals surface area contributed by atoms with Crippen LogP contribution in [0, 0.1) is 5.82 Å². The molecule has 3 aromatic heterocycles. The number of piperazine rings is 1. The quantitative estimate of drug-likeness (QED) is 0.447. The highest BCUT2D eigenvalue weighted by Crippen LogP contribution is 2.36. The standard InChI is InChI=1S/C24H23ClFN7O2/c1-15(34)31-7-9-32(10-8-31)16-11-18(26)23(20(12-16)35-2)30-24-28-13-17(25)22(29-24)19-14-27-21-5-3-4-6-33(19)21/h3-6,11-14H,7-10H2,1-2H3,(H,28,29,30). The van der Waals surface area contributed by atoms with Crippen LogP contribution in [0.15, 0.2) is 48.9 Å². The number of hydrogen-bond acceptors (Lipinski definition) is 7. The Bertz CT molecular complexity index is 1400. The van der Waals surface area contributed by atoms with Crippen LogP contribution >= 0.6 is 11.6 Å². The third-order valence-electron chi connectivity index (χ3n) is 5.99. The number of nitrogens with zero attached hydrogens (tertiary/aromatic N) is 6. The normalized spacial score (nSPS) is 13.8. The third-order valence-corrected chi connectivity index (χ3v) is 6.27. The Kier molecular flexibility index (Phi) is 6.12. The lowest BCUT2D eigenvalue weighted by atomic mass is 10.2. The molecule has 0 atom stereocenters. The molecule has 0 aliphatic carbocycles. The zero-order valence-electron chi connectivity index (χ0n) is 19.2. The van der Waals surface area contributed by atoms with Gasteiger partial charge in [0.05, 0.1) is 30.2 Å². The van der Waals surface area contributed by atoms with Crippen LogP contribution in [0.25, 0.3) is 17.0 Å². The van der Waals surface area contributed by atoms with E-state index in [9.17, 15) is 4.79 Å². The second-order valence-electron chi connectivity index (χ2n) is 8.09. The molecule has 1 saturated heterocycles. The minimum atomic E-state index is -0.511. The van der Waals surface area contributed by atoms with Gasteiger partial charge in [0, 0.05) is 51.1 Å². The summed E-state index contributed by atoms with van der Waals surface area (Å²) in [5.74, 6) is 0.00155. The summed E-state index contributed by atoms with van der Waals surface area (Å²) in [5.41, 5.74) is 2.69. The summed E-state index contributed by atoms with van der Waals surface area (Å²) in [4.78, 5) is 28.5. The number of carbonyl (C=O) groups is 1. The first kappa shape index (κ1) is 22.9. The van der Waals surface area contributed by atoms with Crippen molar-refractivity contribution in [2.75, 3.05) is 43.5 Å². The van der Waals surface area contributed by atoms with Crippen LogP contribution in [0.1, 0.15) is 6.92 Å². The van der Waals surface area contributed by atoms with Gasteiger partial charge >= 0.3 is 0 Å². The van der Waals surface area contributed by atoms with Crippen molar-refractivity contribution in [2.24, 2.45) is 0 Å². The van der Waals surface area contributed by atoms with E-state index in [4.69, 9.17) is 16.3 Å². The summed E-state index contributed by atoms with van der Waals surface area (Å²) in [5, 5.41) is 3.28. The molecule has 9 nitrogen and oxygen atoms in total. The molecule has 0 bridgehead atoms. The predicted molar refractivity (Wildman–Crippen MR) is 132 cm³/mol. The molecule has 0 spiro atoms. The van der Waals surface area contributed by atoms with Crippen molar-refractivity contribution in [3.63, 3.8) is 0 Å². The molecule has 1 aliphatic heterocycles. The van der Waals surface area contributed by atoms with E-state index in [1.807, 2.05) is 33.7 Å². The van der Waals surface area contributed by atoms with E-state index in [0.717, 1.165) is 5.65 Å². The van der Waals surface area contributed by atoms with E-state index in [0.29, 0.717) is 54.0 Å². The molecule has 35 heavy (non-hydrogen) atoms. The number of carbonyl (C=O) groups excluding carboxylic acids is 1. The van der Waals surface area contributed by atoms with Crippen molar-refractivity contribution in [1.29, 1.82) is 0 Å². The van der Waals surface area contributed by atoms with Crippen LogP contribution in [-0.4, -0.2) is 63.4 Å². The molecule has 4 heterocycles. The first-order chi connectivity index (χ1) is 16.9. The third kappa shape index (κ3) is 4.44. The number of ether oxygens (including phenoxy) is 1. The number of anilines is 3. The van der Waals surface area contributed by atoms with E-state index < -0.39 is 5.82 Å². The molecular formula is C24H23ClFN7O2. The number of halogens is 2. The smallest absolute Gasteiger partial charge is 0.228 e. The second kappa shape index (κ2) is 9.38. The molecule has 1 aliphatic rings. The van der Waals surface area contributed by atoms with Gasteiger partial charge in [0.15, 0.2) is 5.82 Å². The molecular weight excluding hydrogens is 473 g/mol. The van der Waals surface area contributed by atoms with E-state index in [1.165, 1.54) is 19.4 Å². The molecule has 1 aromatic carbocycles. The van der Waals surface area contributed by atoms with E-state index >= 15 is 4.39 Å². The molecule has 1 fully saturated rings. The van der Waals surface area contributed by atoms with Crippen molar-refractivity contribution in [3.8, 4) is 17.1 Å². The first-order valence-electron chi connectivity index (χ1n) is 11.0. The average molecular weight is 496 g/mol. The number of rotatable bonds is 5. The number of nitrogens with one attached hydrogen (secondary N) is 1. The maximum absolute atomic E-state index is 15.3. The molecule has 180 valence electrons. The first-order valence-corrected chi connectivity index (χ1v) is 11.4. The lowest BCUT2D eigenvalue weighted by Gasteiger charge is -2.35. The minimum Gasteiger partial charge on any atom is -0.494 e. The predicted octanol–water partition coefficient (Wildman–Crippen LogP) is 4.00. The van der Waals surface area contributed by atoms with Gasteiger partial charge in [-0.05, 0) is 18.2 Å². The van der Waals surface area contributed by atoms with Gasteiger partial charge < -0.3 is 19.9 Å². The SMILES string of the molecule is COc1cc(N2CCN(C(C)=O)CC2)cc(F)c1Nc1ncc(Cl)c(-c2cnc3ccccn23)n1. The van der Waals surface area contributed by atoms with Gasteiger partial charge in [0.1, 0.15) is 22.8 Å². The molecule has 4 aromatic rings. The van der Waals surface area contributed by atoms with Gasteiger partial charge in [-0.1, -0.05) is 17.7 Å². The van der Waals surface area contributed by atoms with E-state index in [1.54, 1.807) is 24.1 Å². The van der Waals surface area contributed by atoms with Crippen LogP contribution in [0.4, 0.5) is 21.7 Å². The number of amides is 1. The van der Waals surface area contributed by atoms with Gasteiger partial charge in [-0.3, -0.25) is 9.20 Å². The Balaban J connectivity index is 1.43. The monoisotopic (exact) mass is 495 g/mol. The van der Waals surface area contributed by atoms with Crippen LogP contribution in [-0.2, 0) is 4.79 Å². The molecule has 1 N–H and O–H groups in total. The summed E-state index contributed by atoms with van der Waals surface area (Å²) in [6.07, 6.45) is 5.00. The number of imidazole rings is 1. The Morgan fingerprint density at radius 1 is 1.14 bits per heavy atom. The molecule has 0 unspecified atom stereocenters. The van der Waals surface area contributed by atoms with Crippen LogP contribution in [0.2, 0.25) is 5.02 Å². The van der Waals surface area contributed by atoms with Crippen molar-refractivity contribution in [3.05, 3.63) is 59.8 Å². The number of benzene rings is 1. The number of hydrogen-bond donors (Lipinski definition) is 1. The second-order valence-corrected chi connectivity index (χ2v) is 8.49. The number of fused-ring (bicyclic) bond motifs is 1. The molecule has 0 saturated carbocycles. The van der Waals surface area contributed by atoms with Crippen molar-refractivity contribution in [2.45, 2.75) is 6.92 Å². The van der Waals surface area contributed by atoms with Crippen molar-refractivity contribution < 1.29 is 13.9 Å². The van der Waals surface area contributed by atoms with Gasteiger partial charge in [0.2, 0.25) is 11.9 Å². The van der Waals surface area contributed by atoms with E-state index in [-0.39, 0.29) is 17.5 Å². The summed E-state index contributed by atoms with van der Waals surface area (Å²) in [7, 11) is 1.48. The topological polar surface area (TPSA) is 87.9 Å². The van der Waals surface area contributed by atoms with Gasteiger partial charge in [-0.15, -0.1) is 0 Å². The lowest BCUT2D eigenvalue weighted by Crippen LogP contribution is -2.48. The minimum absolute atomic E-state index is 0.0409. The number of methoxy groups -OCH3 is 1. The highest BCUT2D eigenvalue weighted by molar-refractivity contribution is 6.32. The summed E-state index contributed by atoms with van der Waals surface area (Å²) < 4.78 is 22.6. The van der Waals surface area contributed by atoms with Crippen molar-refractivity contribution >= 4 is 40.5 Å². The number of aromatic nitrogens is 4. The average Bonchev–Trinajstić information content (AvgIpc) is 3.30. The Labute approximate surface area is 206 Å². The zero-order chi connectivity index (χ0) is 24.5. The summed E-state index contributed by atoms with van der Waals surface area (Å²) in [6.45, 7) is 3.95. The Hall–Kier alpha value is -3.92. The van der Waals surface area contributed by atoms with Crippen molar-refractivity contribution in [1.82, 2.24) is 24.3 Å². The van der Waals surface area contributed by atoms with Crippen LogP contribution < -0.4 is 15.0 Å². The molecule has 0 radical (unpaired) electrons. The fraction of sp³-hybridized carbons (Fsp3) is 0.250. The zero-order valence-corrected chi connectivity index (χ0v) is 20.0. The molecule has 1 amide bonds. The fourth-order valence-corrected chi connectivity index (χ4v) is 4.33. The van der Waals surface area contributed by atoms with Gasteiger partial charge in [0.25, 0.3) is 0 Å². The van der Waals surface area contributed by atoms with E-state index in [2.05, 4.69) is 20.3 Å². The lowest BCUT2D eigenvalue weighted by molar-refractivity contribution is -0.129. The van der Waals surface area contributed by atoms with Gasteiger partial charge in [-0.2, -0.15) is 0 Å². The Morgan fingerprint density at radius 3 is 2.69 bits per heavy atom.